The minimum Gasteiger partial charge on any atom is -0.310 e. The fourth-order valence-corrected chi connectivity index (χ4v) is 22.1. The van der Waals surface area contributed by atoms with Crippen molar-refractivity contribution in [3.05, 3.63) is 502 Å². The van der Waals surface area contributed by atoms with Crippen LogP contribution in [0.2, 0.25) is 0 Å². The van der Waals surface area contributed by atoms with Gasteiger partial charge in [-0.15, -0.1) is 0 Å². The maximum atomic E-state index is 10.4. The lowest BCUT2D eigenvalue weighted by Crippen LogP contribution is -2.61. The molecule has 4 nitrogen and oxygen atoms in total. The molecular weight excluding hydrogens is 1690 g/mol. The number of anilines is 6. The van der Waals surface area contributed by atoms with E-state index in [1.807, 2.05) is 0 Å². The van der Waals surface area contributed by atoms with Gasteiger partial charge in [-0.2, -0.15) is 0 Å². The summed E-state index contributed by atoms with van der Waals surface area (Å²) in [7, 11) is 0. The Balaban J connectivity index is 0.829. The van der Waals surface area contributed by atoms with Crippen molar-refractivity contribution in [2.75, 3.05) is 9.80 Å². The third kappa shape index (κ3) is 15.0. The topological polar surface area (TPSA) is 16.3 Å². The van der Waals surface area contributed by atoms with Crippen molar-refractivity contribution in [2.45, 2.75) is 59.2 Å². The molecule has 0 fully saturated rings. The van der Waals surface area contributed by atoms with Gasteiger partial charge in [-0.05, 0) is 295 Å². The van der Waals surface area contributed by atoms with Crippen LogP contribution in [0.1, 0.15) is 62.3 Å². The molecule has 0 atom stereocenters. The van der Waals surface area contributed by atoms with E-state index < -0.39 is 13.6 Å². The van der Waals surface area contributed by atoms with Gasteiger partial charge < -0.3 is 18.9 Å². The standard InChI is InChI=1S/C135H101BN4/c1-88-72-129-131-130(73-88)140(133-114(96-50-30-15-31-51-96)83-110(135(5,6)7)85-116(133)108-59-35-57-102(77-108)100-55-33-53-98(75-100)90-38-18-9-19-39-90)128-87-112(138-125-70-62-105(93-44-24-12-25-45-93)80-119(125)120-81-106(63-71-126(120)138)94-46-26-13-27-47-94)65-67-122(128)136(131)121-66-64-111(137-123-68-60-103(91-40-20-10-21-41-91)78-117(123)118-79-104(61-69-124(118)137)92-42-22-11-23-43-92)86-127(121)139(129)132-113(95-48-28-14-29-49-95)82-109(134(2,3)4)84-115(132)107-58-34-56-101(76-107)99-54-32-52-97(74-99)89-36-16-8-17-37-89/h8-87H,1-7H3/i1D3. The van der Waals surface area contributed by atoms with Crippen LogP contribution < -0.4 is 26.2 Å². The molecule has 2 aliphatic heterocycles. The number of hydrogen-bond acceptors (Lipinski definition) is 2. The normalized spacial score (nSPS) is 12.8. The van der Waals surface area contributed by atoms with Crippen molar-refractivity contribution in [1.82, 2.24) is 9.13 Å². The van der Waals surface area contributed by atoms with Crippen LogP contribution in [-0.2, 0) is 10.8 Å². The highest BCUT2D eigenvalue weighted by atomic mass is 15.2. The number of nitrogens with zero attached hydrogens (tertiary/aromatic N) is 4. The van der Waals surface area contributed by atoms with E-state index in [9.17, 15) is 4.11 Å². The summed E-state index contributed by atoms with van der Waals surface area (Å²) < 4.78 is 36.3. The number of hydrogen-bond donors (Lipinski definition) is 0. The molecule has 0 spiro atoms. The Hall–Kier alpha value is -17.1. The summed E-state index contributed by atoms with van der Waals surface area (Å²) >= 11 is 0. The first-order valence-corrected chi connectivity index (χ1v) is 48.8. The van der Waals surface area contributed by atoms with Crippen molar-refractivity contribution < 1.29 is 4.11 Å². The number of benzene rings is 21. The summed E-state index contributed by atoms with van der Waals surface area (Å²) in [6.07, 6.45) is 0. The van der Waals surface area contributed by atoms with Crippen molar-refractivity contribution in [2.24, 2.45) is 0 Å². The Bertz CT molecular complexity index is 8230. The maximum absolute atomic E-state index is 10.4. The second-order valence-corrected chi connectivity index (χ2v) is 39.7. The molecule has 2 aliphatic rings. The molecule has 664 valence electrons. The van der Waals surface area contributed by atoms with Gasteiger partial charge in [0.05, 0.1) is 33.4 Å². The zero-order valence-corrected chi connectivity index (χ0v) is 79.1. The molecule has 0 unspecified atom stereocenters. The van der Waals surface area contributed by atoms with Gasteiger partial charge in [0.2, 0.25) is 0 Å². The molecule has 140 heavy (non-hydrogen) atoms. The van der Waals surface area contributed by atoms with Crippen LogP contribution in [-0.4, -0.2) is 15.8 Å². The Morgan fingerprint density at radius 1 is 0.200 bits per heavy atom. The average Bonchev–Trinajstić information content (AvgIpc) is 1.65. The Labute approximate surface area is 824 Å². The van der Waals surface area contributed by atoms with Crippen LogP contribution in [0.5, 0.6) is 0 Å². The summed E-state index contributed by atoms with van der Waals surface area (Å²) in [4.78, 5) is 5.06. The second-order valence-electron chi connectivity index (χ2n) is 39.7. The fourth-order valence-electron chi connectivity index (χ4n) is 22.1. The van der Waals surface area contributed by atoms with Gasteiger partial charge in [0.15, 0.2) is 0 Å². The predicted octanol–water partition coefficient (Wildman–Crippen LogP) is 34.9. The first kappa shape index (κ1) is 81.3. The fraction of sp³-hybridized carbons (Fsp3) is 0.0667. The molecule has 0 aliphatic carbocycles. The first-order valence-electron chi connectivity index (χ1n) is 50.3. The van der Waals surface area contributed by atoms with Gasteiger partial charge >= 0.3 is 0 Å². The minimum absolute atomic E-state index is 0.194. The van der Waals surface area contributed by atoms with Crippen LogP contribution in [0.15, 0.2) is 485 Å². The van der Waals surface area contributed by atoms with Crippen LogP contribution in [0.4, 0.5) is 34.1 Å². The lowest BCUT2D eigenvalue weighted by Gasteiger charge is -2.46. The lowest BCUT2D eigenvalue weighted by molar-refractivity contribution is 0.590. The summed E-state index contributed by atoms with van der Waals surface area (Å²) in [6.45, 7) is 10.7. The molecule has 25 rings (SSSR count). The molecule has 5 heteroatoms. The molecule has 0 saturated carbocycles. The highest BCUT2D eigenvalue weighted by Gasteiger charge is 2.46. The number of rotatable bonds is 16. The van der Waals surface area contributed by atoms with Gasteiger partial charge in [-0.25, -0.2) is 0 Å². The average molecular weight is 1790 g/mol. The number of aryl methyl sites for hydroxylation is 1. The van der Waals surface area contributed by atoms with Crippen LogP contribution in [0.3, 0.4) is 0 Å². The van der Waals surface area contributed by atoms with Gasteiger partial charge in [0.25, 0.3) is 6.71 Å². The van der Waals surface area contributed by atoms with E-state index >= 15 is 0 Å². The van der Waals surface area contributed by atoms with E-state index in [-0.39, 0.29) is 16.4 Å². The van der Waals surface area contributed by atoms with Gasteiger partial charge in [0.1, 0.15) is 0 Å². The molecule has 0 N–H and O–H groups in total. The Morgan fingerprint density at radius 2 is 0.436 bits per heavy atom. The highest BCUT2D eigenvalue weighted by molar-refractivity contribution is 7.00. The van der Waals surface area contributed by atoms with Gasteiger partial charge in [-0.3, -0.25) is 0 Å². The Morgan fingerprint density at radius 3 is 0.707 bits per heavy atom. The van der Waals surface area contributed by atoms with Crippen molar-refractivity contribution in [3.8, 4) is 145 Å². The van der Waals surface area contributed by atoms with Gasteiger partial charge in [0, 0.05) is 82.0 Å². The lowest BCUT2D eigenvalue weighted by atomic mass is 9.33. The number of fused-ring (bicyclic) bond motifs is 10. The molecular formula is C135H101BN4. The van der Waals surface area contributed by atoms with Crippen molar-refractivity contribution in [1.29, 1.82) is 0 Å². The molecule has 0 saturated heterocycles. The zero-order chi connectivity index (χ0) is 96.5. The molecule has 2 aromatic heterocycles. The number of aromatic nitrogens is 2. The molecule has 0 bridgehead atoms. The van der Waals surface area contributed by atoms with Crippen LogP contribution in [0.25, 0.3) is 189 Å². The minimum atomic E-state index is -2.70. The van der Waals surface area contributed by atoms with Gasteiger partial charge in [-0.1, -0.05) is 393 Å². The van der Waals surface area contributed by atoms with E-state index in [2.05, 4.69) is 546 Å². The third-order valence-corrected chi connectivity index (χ3v) is 29.0. The van der Waals surface area contributed by atoms with E-state index in [4.69, 9.17) is 0 Å². The summed E-state index contributed by atoms with van der Waals surface area (Å²) in [5, 5.41) is 4.48. The summed E-state index contributed by atoms with van der Waals surface area (Å²) in [6, 6.07) is 178. The molecule has 4 heterocycles. The molecule has 0 amide bonds. The molecule has 0 radical (unpaired) electrons. The maximum Gasteiger partial charge on any atom is 0.252 e. The van der Waals surface area contributed by atoms with Crippen LogP contribution >= 0.6 is 0 Å². The quantitative estimate of drug-likeness (QED) is 0.0897. The van der Waals surface area contributed by atoms with E-state index in [0.29, 0.717) is 0 Å². The molecule has 23 aromatic rings. The monoisotopic (exact) mass is 1790 g/mol. The predicted molar refractivity (Wildman–Crippen MR) is 597 cm³/mol. The smallest absolute Gasteiger partial charge is 0.252 e. The van der Waals surface area contributed by atoms with Crippen molar-refractivity contribution >= 4 is 101 Å². The highest BCUT2D eigenvalue weighted by Crippen LogP contribution is 2.57. The van der Waals surface area contributed by atoms with Crippen LogP contribution in [0, 0.1) is 6.85 Å². The summed E-state index contributed by atoms with van der Waals surface area (Å²) in [5.41, 5.74) is 41.8. The molecule has 21 aromatic carbocycles. The Kier molecular flexibility index (Phi) is 19.9. The third-order valence-electron chi connectivity index (χ3n) is 29.0. The second kappa shape index (κ2) is 34.3. The van der Waals surface area contributed by atoms with E-state index in [1.54, 1.807) is 0 Å². The zero-order valence-electron chi connectivity index (χ0n) is 82.1. The first-order chi connectivity index (χ1) is 69.8. The van der Waals surface area contributed by atoms with E-state index in [0.717, 1.165) is 250 Å². The summed E-state index contributed by atoms with van der Waals surface area (Å²) in [5.74, 6) is 0. The largest absolute Gasteiger partial charge is 0.310 e. The van der Waals surface area contributed by atoms with Crippen molar-refractivity contribution in [3.63, 3.8) is 0 Å². The SMILES string of the molecule is [2H]C([2H])([2H])c1cc2c3c(c1)N(c1c(-c4ccccc4)cc(C(C)(C)C)cc1-c1cccc(-c4cccc(-c5ccccc5)c4)c1)c1cc(-n4c5ccc(-c6ccccc6)cc5c5cc(-c6ccccc6)ccc54)ccc1B3c1ccc(-n3c4ccc(-c5ccccc5)cc4c4cc(-c5ccccc5)ccc43)cc1N2c1c(-c2ccccc2)cc(C(C)(C)C)cc1-c1cccc(-c2cccc(-c3ccccc3)c2)c1. The van der Waals surface area contributed by atoms with E-state index in [1.165, 1.54) is 0 Å².